The molecule has 1 rings (SSSR count). The molecule has 0 aromatic carbocycles. The van der Waals surface area contributed by atoms with Crippen LogP contribution >= 0.6 is 11.8 Å². The van der Waals surface area contributed by atoms with E-state index < -0.39 is 0 Å². The molecule has 0 atom stereocenters. The van der Waals surface area contributed by atoms with Gasteiger partial charge in [0.25, 0.3) is 5.22 Å². The number of hydrogen-bond acceptors (Lipinski definition) is 4. The Morgan fingerprint density at radius 2 is 2.33 bits per heavy atom. The summed E-state index contributed by atoms with van der Waals surface area (Å²) in [5.41, 5.74) is 0. The average Bonchev–Trinajstić information content (AvgIpc) is 2.17. The molecule has 4 heteroatoms. The van der Waals surface area contributed by atoms with Crippen molar-refractivity contribution in [3.8, 4) is 0 Å². The molecule has 0 N–H and O–H groups in total. The summed E-state index contributed by atoms with van der Waals surface area (Å²) >= 11 is 1.56. The lowest BCUT2D eigenvalue weighted by Gasteiger charge is -1.83. The summed E-state index contributed by atoms with van der Waals surface area (Å²) in [6.07, 6.45) is 0. The SMILES string of the molecule is CCSc1nnc(C)o1. The molecule has 1 heterocycles. The van der Waals surface area contributed by atoms with E-state index in [0.717, 1.165) is 5.75 Å². The zero-order chi connectivity index (χ0) is 6.69. The molecule has 0 fully saturated rings. The predicted octanol–water partition coefficient (Wildman–Crippen LogP) is 1.49. The molecule has 0 amide bonds. The summed E-state index contributed by atoms with van der Waals surface area (Å²) in [6.45, 7) is 3.83. The van der Waals surface area contributed by atoms with Crippen molar-refractivity contribution in [2.24, 2.45) is 0 Å². The summed E-state index contributed by atoms with van der Waals surface area (Å²) in [5, 5.41) is 8.11. The van der Waals surface area contributed by atoms with E-state index in [1.165, 1.54) is 0 Å². The van der Waals surface area contributed by atoms with Crippen molar-refractivity contribution in [1.29, 1.82) is 0 Å². The fourth-order valence-corrected chi connectivity index (χ4v) is 0.985. The van der Waals surface area contributed by atoms with Crippen LogP contribution in [0.5, 0.6) is 0 Å². The molecule has 0 aliphatic heterocycles. The highest BCUT2D eigenvalue weighted by atomic mass is 32.2. The molecule has 0 saturated carbocycles. The second-order valence-corrected chi connectivity index (χ2v) is 2.74. The number of thioether (sulfide) groups is 1. The topological polar surface area (TPSA) is 38.9 Å². The first-order chi connectivity index (χ1) is 4.33. The summed E-state index contributed by atoms with van der Waals surface area (Å²) in [7, 11) is 0. The Balaban J connectivity index is 2.61. The van der Waals surface area contributed by atoms with Crippen LogP contribution in [-0.4, -0.2) is 16.0 Å². The van der Waals surface area contributed by atoms with Gasteiger partial charge in [-0.25, -0.2) is 0 Å². The van der Waals surface area contributed by atoms with Gasteiger partial charge < -0.3 is 4.42 Å². The lowest BCUT2D eigenvalue weighted by Crippen LogP contribution is -1.70. The van der Waals surface area contributed by atoms with Gasteiger partial charge in [0, 0.05) is 6.92 Å². The minimum atomic E-state index is 0.631. The fraction of sp³-hybridized carbons (Fsp3) is 0.600. The van der Waals surface area contributed by atoms with Gasteiger partial charge in [-0.05, 0) is 5.75 Å². The Morgan fingerprint density at radius 1 is 1.56 bits per heavy atom. The third-order valence-electron chi connectivity index (χ3n) is 0.775. The molecule has 0 aliphatic carbocycles. The first-order valence-electron chi connectivity index (χ1n) is 2.76. The Labute approximate surface area is 57.9 Å². The highest BCUT2D eigenvalue weighted by molar-refractivity contribution is 7.99. The maximum absolute atomic E-state index is 5.06. The summed E-state index contributed by atoms with van der Waals surface area (Å²) < 4.78 is 5.06. The van der Waals surface area contributed by atoms with Gasteiger partial charge in [0.15, 0.2) is 0 Å². The van der Waals surface area contributed by atoms with Gasteiger partial charge >= 0.3 is 0 Å². The minimum Gasteiger partial charge on any atom is -0.416 e. The van der Waals surface area contributed by atoms with E-state index in [-0.39, 0.29) is 0 Å². The zero-order valence-corrected chi connectivity index (χ0v) is 6.23. The van der Waals surface area contributed by atoms with Crippen LogP contribution in [0.25, 0.3) is 0 Å². The number of nitrogens with zero attached hydrogens (tertiary/aromatic N) is 2. The number of rotatable bonds is 2. The molecule has 50 valence electrons. The normalized spacial score (nSPS) is 10.0. The first kappa shape index (κ1) is 6.61. The van der Waals surface area contributed by atoms with Crippen LogP contribution in [0, 0.1) is 6.92 Å². The van der Waals surface area contributed by atoms with Gasteiger partial charge in [0.05, 0.1) is 0 Å². The maximum Gasteiger partial charge on any atom is 0.276 e. The molecular formula is C5H8N2OS. The van der Waals surface area contributed by atoms with E-state index in [9.17, 15) is 0 Å². The van der Waals surface area contributed by atoms with Crippen molar-refractivity contribution >= 4 is 11.8 Å². The van der Waals surface area contributed by atoms with Crippen LogP contribution in [0.4, 0.5) is 0 Å². The van der Waals surface area contributed by atoms with Crippen molar-refractivity contribution in [3.63, 3.8) is 0 Å². The summed E-state index contributed by atoms with van der Waals surface area (Å²) in [4.78, 5) is 0. The predicted molar refractivity (Wildman–Crippen MR) is 35.4 cm³/mol. The second-order valence-electron chi connectivity index (χ2n) is 1.52. The molecule has 0 aliphatic rings. The van der Waals surface area contributed by atoms with Crippen LogP contribution in [0.1, 0.15) is 12.8 Å². The largest absolute Gasteiger partial charge is 0.416 e. The first-order valence-corrected chi connectivity index (χ1v) is 3.74. The third-order valence-corrected chi connectivity index (χ3v) is 1.48. The molecule has 0 saturated heterocycles. The summed E-state index contributed by atoms with van der Waals surface area (Å²) in [6, 6.07) is 0. The molecule has 9 heavy (non-hydrogen) atoms. The number of aromatic nitrogens is 2. The van der Waals surface area contributed by atoms with E-state index in [1.807, 2.05) is 6.92 Å². The number of aryl methyl sites for hydroxylation is 1. The smallest absolute Gasteiger partial charge is 0.276 e. The molecule has 0 bridgehead atoms. The van der Waals surface area contributed by atoms with E-state index >= 15 is 0 Å². The standard InChI is InChI=1S/C5H8N2OS/c1-3-9-5-7-6-4(2)8-5/h3H2,1-2H3. The van der Waals surface area contributed by atoms with Gasteiger partial charge in [0.1, 0.15) is 0 Å². The van der Waals surface area contributed by atoms with Crippen molar-refractivity contribution < 1.29 is 4.42 Å². The second kappa shape index (κ2) is 2.87. The average molecular weight is 144 g/mol. The Morgan fingerprint density at radius 3 is 2.78 bits per heavy atom. The van der Waals surface area contributed by atoms with Crippen LogP contribution in [0.2, 0.25) is 0 Å². The molecule has 0 unspecified atom stereocenters. The molecule has 3 nitrogen and oxygen atoms in total. The maximum atomic E-state index is 5.06. The van der Waals surface area contributed by atoms with Crippen molar-refractivity contribution in [1.82, 2.24) is 10.2 Å². The highest BCUT2D eigenvalue weighted by Crippen LogP contribution is 2.13. The molecule has 0 radical (unpaired) electrons. The molecular weight excluding hydrogens is 136 g/mol. The number of hydrogen-bond donors (Lipinski definition) is 0. The minimum absolute atomic E-state index is 0.631. The molecule has 0 spiro atoms. The van der Waals surface area contributed by atoms with Crippen molar-refractivity contribution in [3.05, 3.63) is 5.89 Å². The Kier molecular flexibility index (Phi) is 2.10. The third kappa shape index (κ3) is 1.71. The van der Waals surface area contributed by atoms with Gasteiger partial charge in [-0.2, -0.15) is 0 Å². The van der Waals surface area contributed by atoms with Crippen LogP contribution in [0.3, 0.4) is 0 Å². The van der Waals surface area contributed by atoms with Gasteiger partial charge in [-0.1, -0.05) is 18.7 Å². The van der Waals surface area contributed by atoms with Crippen molar-refractivity contribution in [2.75, 3.05) is 5.75 Å². The quantitative estimate of drug-likeness (QED) is 0.589. The van der Waals surface area contributed by atoms with E-state index in [1.54, 1.807) is 18.7 Å². The highest BCUT2D eigenvalue weighted by Gasteiger charge is 1.98. The van der Waals surface area contributed by atoms with E-state index in [0.29, 0.717) is 11.1 Å². The van der Waals surface area contributed by atoms with Gasteiger partial charge in [0.2, 0.25) is 5.89 Å². The fourth-order valence-electron chi connectivity index (χ4n) is 0.460. The zero-order valence-electron chi connectivity index (χ0n) is 5.42. The van der Waals surface area contributed by atoms with Gasteiger partial charge in [-0.3, -0.25) is 0 Å². The van der Waals surface area contributed by atoms with Crippen LogP contribution in [0.15, 0.2) is 9.64 Å². The Bertz CT molecular complexity index is 187. The molecule has 1 aromatic heterocycles. The Hall–Kier alpha value is -0.510. The summed E-state index contributed by atoms with van der Waals surface area (Å²) in [5.74, 6) is 1.60. The van der Waals surface area contributed by atoms with Crippen LogP contribution < -0.4 is 0 Å². The van der Waals surface area contributed by atoms with Gasteiger partial charge in [-0.15, -0.1) is 10.2 Å². The monoisotopic (exact) mass is 144 g/mol. The lowest BCUT2D eigenvalue weighted by atomic mass is 10.8. The van der Waals surface area contributed by atoms with E-state index in [2.05, 4.69) is 10.2 Å². The molecule has 1 aromatic rings. The van der Waals surface area contributed by atoms with E-state index in [4.69, 9.17) is 4.42 Å². The van der Waals surface area contributed by atoms with Crippen molar-refractivity contribution in [2.45, 2.75) is 19.1 Å². The van der Waals surface area contributed by atoms with Crippen LogP contribution in [-0.2, 0) is 0 Å². The lowest BCUT2D eigenvalue weighted by molar-refractivity contribution is 0.429.